The Morgan fingerprint density at radius 1 is 0.191 bits per heavy atom. The van der Waals surface area contributed by atoms with Crippen LogP contribution in [0.3, 0.4) is 0 Å². The van der Waals surface area contributed by atoms with Crippen LogP contribution < -0.4 is 0 Å². The van der Waals surface area contributed by atoms with Gasteiger partial charge in [-0.25, -0.2) is 0 Å². The van der Waals surface area contributed by atoms with Crippen LogP contribution in [-0.2, 0) is 0 Å². The maximum atomic E-state index is 2.43. The minimum atomic E-state index is 1.14. The highest BCUT2D eigenvalue weighted by Gasteiger charge is 2.18. The molecule has 0 saturated heterocycles. The van der Waals surface area contributed by atoms with E-state index in [4.69, 9.17) is 0 Å². The Labute approximate surface area is 395 Å². The van der Waals surface area contributed by atoms with Gasteiger partial charge in [-0.3, -0.25) is 0 Å². The van der Waals surface area contributed by atoms with Crippen molar-refractivity contribution in [3.8, 4) is 78.1 Å². The zero-order valence-corrected chi connectivity index (χ0v) is 37.3. The van der Waals surface area contributed by atoms with Crippen LogP contribution in [0.4, 0.5) is 0 Å². The molecule has 0 aliphatic carbocycles. The van der Waals surface area contributed by atoms with Gasteiger partial charge in [-0.15, -0.1) is 0 Å². The lowest BCUT2D eigenvalue weighted by molar-refractivity contribution is 1.18. The lowest BCUT2D eigenvalue weighted by atomic mass is 9.95. The van der Waals surface area contributed by atoms with Crippen LogP contribution >= 0.6 is 0 Å². The van der Waals surface area contributed by atoms with E-state index in [2.05, 4.69) is 276 Å². The Kier molecular flexibility index (Phi) is 9.54. The lowest BCUT2D eigenvalue weighted by Gasteiger charge is -2.14. The molecule has 0 atom stereocenters. The molecule has 2 nitrogen and oxygen atoms in total. The van der Waals surface area contributed by atoms with Gasteiger partial charge in [0.15, 0.2) is 0 Å². The number of hydrogen-bond acceptors (Lipinski definition) is 0. The molecule has 0 N–H and O–H groups in total. The minimum Gasteiger partial charge on any atom is -0.309 e. The molecule has 318 valence electrons. The molecule has 2 heterocycles. The zero-order chi connectivity index (χ0) is 45.0. The average molecular weight is 865 g/mol. The molecule has 2 heteroatoms. The fourth-order valence-corrected chi connectivity index (χ4v) is 10.4. The van der Waals surface area contributed by atoms with E-state index in [9.17, 15) is 0 Å². The predicted octanol–water partition coefficient (Wildman–Crippen LogP) is 17.9. The minimum absolute atomic E-state index is 1.14. The van der Waals surface area contributed by atoms with Gasteiger partial charge in [0.05, 0.1) is 27.8 Å². The van der Waals surface area contributed by atoms with Crippen molar-refractivity contribution in [3.63, 3.8) is 0 Å². The van der Waals surface area contributed by atoms with Gasteiger partial charge >= 0.3 is 0 Å². The second-order valence-corrected chi connectivity index (χ2v) is 17.7. The summed E-state index contributed by atoms with van der Waals surface area (Å²) in [4.78, 5) is 0. The number of nitrogens with zero attached hydrogens (tertiary/aromatic N) is 2. The van der Waals surface area contributed by atoms with E-state index in [0.29, 0.717) is 0 Å². The maximum Gasteiger partial charge on any atom is 0.0541 e. The van der Waals surface area contributed by atoms with Crippen molar-refractivity contribution in [2.45, 2.75) is 0 Å². The lowest BCUT2D eigenvalue weighted by Crippen LogP contribution is -1.97. The summed E-state index contributed by atoms with van der Waals surface area (Å²) in [5.74, 6) is 0. The number of hydrogen-bond donors (Lipinski definition) is 0. The highest BCUT2D eigenvalue weighted by atomic mass is 15.0. The molecule has 13 aromatic rings. The quantitative estimate of drug-likeness (QED) is 0.144. The summed E-state index contributed by atoms with van der Waals surface area (Å²) in [7, 11) is 0. The second-order valence-electron chi connectivity index (χ2n) is 17.7. The molecule has 0 spiro atoms. The van der Waals surface area contributed by atoms with E-state index >= 15 is 0 Å². The molecular weight excluding hydrogens is 821 g/mol. The van der Waals surface area contributed by atoms with Gasteiger partial charge in [0, 0.05) is 32.8 Å². The number of rotatable bonds is 8. The molecule has 0 amide bonds. The number of benzene rings is 11. The normalized spacial score (nSPS) is 11.5. The van der Waals surface area contributed by atoms with Crippen LogP contribution in [0.2, 0.25) is 0 Å². The van der Waals surface area contributed by atoms with Crippen LogP contribution in [0.1, 0.15) is 0 Å². The van der Waals surface area contributed by atoms with Crippen LogP contribution in [0.15, 0.2) is 267 Å². The first kappa shape index (κ1) is 39.4. The molecule has 0 aliphatic heterocycles. The Hall–Kier alpha value is -8.98. The van der Waals surface area contributed by atoms with Crippen molar-refractivity contribution in [2.75, 3.05) is 0 Å². The van der Waals surface area contributed by atoms with Crippen LogP contribution in [0.25, 0.3) is 122 Å². The van der Waals surface area contributed by atoms with Crippen molar-refractivity contribution >= 4 is 43.6 Å². The summed E-state index contributed by atoms with van der Waals surface area (Å²) in [5, 5.41) is 4.96. The topological polar surface area (TPSA) is 9.86 Å². The van der Waals surface area contributed by atoms with Gasteiger partial charge in [-0.1, -0.05) is 200 Å². The SMILES string of the molecule is c1ccc(-c2cccc(-c3cccc(-c4ccc(-c5cccc(-n6c7ccccc7c7cc(-c8ccc9c(c8)c8ccccc8n9-c8ccccc8-c8ccccc8)ccc76)c5)cc4)c3)c2)cc1. The van der Waals surface area contributed by atoms with Crippen LogP contribution in [0, 0.1) is 0 Å². The Bertz CT molecular complexity index is 4000. The third kappa shape index (κ3) is 6.82. The average Bonchev–Trinajstić information content (AvgIpc) is 3.94. The van der Waals surface area contributed by atoms with Gasteiger partial charge in [-0.05, 0) is 128 Å². The molecule has 13 rings (SSSR count). The summed E-state index contributed by atoms with van der Waals surface area (Å²) in [6, 6.07) is 97.3. The summed E-state index contributed by atoms with van der Waals surface area (Å²) >= 11 is 0. The van der Waals surface area contributed by atoms with Gasteiger partial charge in [0.2, 0.25) is 0 Å². The van der Waals surface area contributed by atoms with Gasteiger partial charge in [0.25, 0.3) is 0 Å². The molecule has 0 aliphatic rings. The Balaban J connectivity index is 0.841. The van der Waals surface area contributed by atoms with Crippen molar-refractivity contribution in [1.29, 1.82) is 0 Å². The molecule has 68 heavy (non-hydrogen) atoms. The van der Waals surface area contributed by atoms with E-state index in [1.807, 2.05) is 0 Å². The van der Waals surface area contributed by atoms with E-state index in [1.165, 1.54) is 116 Å². The zero-order valence-electron chi connectivity index (χ0n) is 37.3. The van der Waals surface area contributed by atoms with E-state index < -0.39 is 0 Å². The van der Waals surface area contributed by atoms with Crippen molar-refractivity contribution in [3.05, 3.63) is 267 Å². The molecular formula is C66H44N2. The third-order valence-electron chi connectivity index (χ3n) is 13.7. The van der Waals surface area contributed by atoms with Gasteiger partial charge in [0.1, 0.15) is 0 Å². The number of para-hydroxylation sites is 3. The Morgan fingerprint density at radius 3 is 1.15 bits per heavy atom. The first-order valence-corrected chi connectivity index (χ1v) is 23.4. The summed E-state index contributed by atoms with van der Waals surface area (Å²) < 4.78 is 4.85. The second kappa shape index (κ2) is 16.5. The predicted molar refractivity (Wildman–Crippen MR) is 288 cm³/mol. The smallest absolute Gasteiger partial charge is 0.0541 e. The third-order valence-corrected chi connectivity index (χ3v) is 13.7. The first-order valence-electron chi connectivity index (χ1n) is 23.4. The van der Waals surface area contributed by atoms with E-state index in [-0.39, 0.29) is 0 Å². The number of fused-ring (bicyclic) bond motifs is 6. The maximum absolute atomic E-state index is 2.43. The van der Waals surface area contributed by atoms with E-state index in [1.54, 1.807) is 0 Å². The summed E-state index contributed by atoms with van der Waals surface area (Å²) in [5.41, 5.74) is 21.5. The Morgan fingerprint density at radius 2 is 0.559 bits per heavy atom. The van der Waals surface area contributed by atoms with Crippen molar-refractivity contribution in [2.24, 2.45) is 0 Å². The molecule has 2 aromatic heterocycles. The molecule has 0 saturated carbocycles. The fraction of sp³-hybridized carbons (Fsp3) is 0. The highest BCUT2D eigenvalue weighted by molar-refractivity contribution is 6.13. The van der Waals surface area contributed by atoms with E-state index in [0.717, 1.165) is 5.69 Å². The van der Waals surface area contributed by atoms with Gasteiger partial charge in [-0.2, -0.15) is 0 Å². The first-order chi connectivity index (χ1) is 33.7. The highest BCUT2D eigenvalue weighted by Crippen LogP contribution is 2.41. The molecule has 11 aromatic carbocycles. The molecule has 0 fully saturated rings. The number of aromatic nitrogens is 2. The summed E-state index contributed by atoms with van der Waals surface area (Å²) in [6.45, 7) is 0. The molecule has 0 radical (unpaired) electrons. The van der Waals surface area contributed by atoms with Crippen LogP contribution in [-0.4, -0.2) is 9.13 Å². The summed E-state index contributed by atoms with van der Waals surface area (Å²) in [6.07, 6.45) is 0. The fourth-order valence-electron chi connectivity index (χ4n) is 10.4. The van der Waals surface area contributed by atoms with Crippen molar-refractivity contribution < 1.29 is 0 Å². The standard InChI is InChI=1S/C66H44N2/c1-3-16-45(17-4-1)49-20-13-22-51(40-49)52-23-14-21-50(41-52)46-32-34-47(35-33-46)53-24-15-25-56(42-53)67-63-30-11-8-27-58(63)60-43-54(36-38-65(60)67)55-37-39-66-61(44-55)59-28-9-12-31-64(59)68(66)62-29-10-7-26-57(62)48-18-5-2-6-19-48/h1-44H. The molecule has 0 unspecified atom stereocenters. The van der Waals surface area contributed by atoms with Crippen LogP contribution in [0.5, 0.6) is 0 Å². The molecule has 0 bridgehead atoms. The largest absolute Gasteiger partial charge is 0.309 e. The monoisotopic (exact) mass is 864 g/mol. The van der Waals surface area contributed by atoms with Gasteiger partial charge < -0.3 is 9.13 Å². The van der Waals surface area contributed by atoms with Crippen molar-refractivity contribution in [1.82, 2.24) is 9.13 Å².